The number of aliphatic carboxylic acids is 1. The Balaban J connectivity index is 2.26. The summed E-state index contributed by atoms with van der Waals surface area (Å²) in [7, 11) is 0. The van der Waals surface area contributed by atoms with E-state index in [1.165, 1.54) is 0 Å². The molecule has 8 nitrogen and oxygen atoms in total. The van der Waals surface area contributed by atoms with E-state index in [9.17, 15) is 19.5 Å². The predicted octanol–water partition coefficient (Wildman–Crippen LogP) is 4.01. The molecule has 0 aliphatic carbocycles. The Labute approximate surface area is 215 Å². The Bertz CT molecular complexity index is 985. The molecule has 2 amide bonds. The van der Waals surface area contributed by atoms with Crippen LogP contribution in [-0.2, 0) is 20.8 Å². The van der Waals surface area contributed by atoms with E-state index in [2.05, 4.69) is 27.9 Å². The van der Waals surface area contributed by atoms with Crippen LogP contribution in [0.3, 0.4) is 0 Å². The minimum atomic E-state index is -0.993. The smallest absolute Gasteiger partial charge is 0.320 e. The summed E-state index contributed by atoms with van der Waals surface area (Å²) >= 11 is 0. The summed E-state index contributed by atoms with van der Waals surface area (Å²) in [6, 6.07) is 5.43. The second-order valence-corrected chi connectivity index (χ2v) is 10.5. The number of unbranched alkanes of at least 4 members (excludes halogenated alkanes) is 2. The number of para-hydroxylation sites is 1. The highest BCUT2D eigenvalue weighted by Crippen LogP contribution is 2.20. The van der Waals surface area contributed by atoms with Crippen LogP contribution >= 0.6 is 0 Å². The molecule has 0 fully saturated rings. The number of carbonyl (C=O) groups excluding carboxylic acids is 2. The number of amides is 2. The molecule has 0 saturated carbocycles. The number of carboxylic acids is 1. The maximum atomic E-state index is 13.6. The van der Waals surface area contributed by atoms with Gasteiger partial charge in [0.25, 0.3) is 0 Å². The number of H-pyrrole nitrogens is 1. The van der Waals surface area contributed by atoms with Crippen LogP contribution in [0.5, 0.6) is 0 Å². The van der Waals surface area contributed by atoms with E-state index < -0.39 is 24.1 Å². The highest BCUT2D eigenvalue weighted by Gasteiger charge is 2.30. The molecule has 2 rings (SSSR count). The molecule has 1 aromatic carbocycles. The quantitative estimate of drug-likeness (QED) is 0.223. The summed E-state index contributed by atoms with van der Waals surface area (Å²) in [5.41, 5.74) is 1.86. The second-order valence-electron chi connectivity index (χ2n) is 10.5. The molecule has 0 radical (unpaired) electrons. The Hall–Kier alpha value is -2.87. The zero-order chi connectivity index (χ0) is 26.7. The number of benzene rings is 1. The average Bonchev–Trinajstić information content (AvgIpc) is 3.22. The van der Waals surface area contributed by atoms with Gasteiger partial charge in [-0.25, -0.2) is 0 Å². The summed E-state index contributed by atoms with van der Waals surface area (Å²) in [6.07, 6.45) is 6.03. The van der Waals surface area contributed by atoms with Gasteiger partial charge in [0.15, 0.2) is 0 Å². The van der Waals surface area contributed by atoms with Crippen LogP contribution in [-0.4, -0.2) is 52.5 Å². The van der Waals surface area contributed by atoms with Gasteiger partial charge in [0.1, 0.15) is 12.1 Å². The van der Waals surface area contributed by atoms with Crippen LogP contribution in [0.4, 0.5) is 0 Å². The Morgan fingerprint density at radius 1 is 0.917 bits per heavy atom. The van der Waals surface area contributed by atoms with Crippen LogP contribution in [0.15, 0.2) is 30.5 Å². The van der Waals surface area contributed by atoms with Crippen molar-refractivity contribution >= 4 is 28.7 Å². The standard InChI is InChI=1S/C28H44N4O4/c1-6-7-10-13-29-26(33)23(14-18(2)3)32-27(34)24(31-25(28(35)36)15-19(4)5)16-20-17-30-22-12-9-8-11-21(20)22/h8-9,11-12,17-19,23-25,30-31H,6-7,10,13-16H2,1-5H3,(H,29,33)(H,32,34)(H,35,36)/t23-,24-,25?/m0/s1. The van der Waals surface area contributed by atoms with E-state index in [1.807, 2.05) is 58.2 Å². The molecule has 8 heteroatoms. The van der Waals surface area contributed by atoms with Gasteiger partial charge in [0, 0.05) is 23.6 Å². The Morgan fingerprint density at radius 3 is 2.22 bits per heavy atom. The lowest BCUT2D eigenvalue weighted by atomic mass is 9.98. The molecular formula is C28H44N4O4. The van der Waals surface area contributed by atoms with Crippen molar-refractivity contribution in [2.75, 3.05) is 6.54 Å². The first-order valence-corrected chi connectivity index (χ1v) is 13.2. The molecule has 0 aliphatic rings. The fourth-order valence-electron chi connectivity index (χ4n) is 4.39. The second kappa shape index (κ2) is 14.6. The van der Waals surface area contributed by atoms with E-state index in [0.717, 1.165) is 35.7 Å². The summed E-state index contributed by atoms with van der Waals surface area (Å²) in [6.45, 7) is 10.6. The van der Waals surface area contributed by atoms with Crippen molar-refractivity contribution in [3.63, 3.8) is 0 Å². The van der Waals surface area contributed by atoms with Crippen LogP contribution in [0.25, 0.3) is 10.9 Å². The maximum absolute atomic E-state index is 13.6. The SMILES string of the molecule is CCCCCNC(=O)[C@H](CC(C)C)NC(=O)[C@H](Cc1c[nH]c2ccccc12)NC(CC(C)C)C(=O)O. The number of aromatic nitrogens is 1. The van der Waals surface area contributed by atoms with E-state index in [1.54, 1.807) is 0 Å². The molecular weight excluding hydrogens is 456 g/mol. The van der Waals surface area contributed by atoms with Crippen LogP contribution in [0.2, 0.25) is 0 Å². The van der Waals surface area contributed by atoms with Crippen molar-refractivity contribution in [1.29, 1.82) is 0 Å². The molecule has 1 unspecified atom stereocenters. The lowest BCUT2D eigenvalue weighted by molar-refractivity contribution is -0.140. The van der Waals surface area contributed by atoms with Gasteiger partial charge in [0.05, 0.1) is 6.04 Å². The minimum Gasteiger partial charge on any atom is -0.480 e. The first kappa shape index (κ1) is 29.4. The van der Waals surface area contributed by atoms with Gasteiger partial charge >= 0.3 is 5.97 Å². The molecule has 0 bridgehead atoms. The Morgan fingerprint density at radius 2 is 1.58 bits per heavy atom. The fourth-order valence-corrected chi connectivity index (χ4v) is 4.39. The Kier molecular flexibility index (Phi) is 11.9. The highest BCUT2D eigenvalue weighted by atomic mass is 16.4. The number of hydrogen-bond acceptors (Lipinski definition) is 4. The topological polar surface area (TPSA) is 123 Å². The lowest BCUT2D eigenvalue weighted by Gasteiger charge is -2.27. The van der Waals surface area contributed by atoms with Gasteiger partial charge in [-0.1, -0.05) is 65.7 Å². The molecule has 1 aromatic heterocycles. The lowest BCUT2D eigenvalue weighted by Crippen LogP contribution is -2.56. The van der Waals surface area contributed by atoms with Crippen molar-refractivity contribution in [3.8, 4) is 0 Å². The molecule has 1 heterocycles. The van der Waals surface area contributed by atoms with Gasteiger partial charge in [-0.3, -0.25) is 19.7 Å². The number of hydrogen-bond donors (Lipinski definition) is 5. The van der Waals surface area contributed by atoms with Crippen molar-refractivity contribution in [3.05, 3.63) is 36.0 Å². The number of carbonyl (C=O) groups is 3. The minimum absolute atomic E-state index is 0.137. The predicted molar refractivity (Wildman–Crippen MR) is 144 cm³/mol. The number of carboxylic acid groups (broad SMARTS) is 1. The van der Waals surface area contributed by atoms with Gasteiger partial charge in [-0.2, -0.15) is 0 Å². The summed E-state index contributed by atoms with van der Waals surface area (Å²) in [5, 5.41) is 19.8. The summed E-state index contributed by atoms with van der Waals surface area (Å²) < 4.78 is 0. The summed E-state index contributed by atoms with van der Waals surface area (Å²) in [4.78, 5) is 41.7. The van der Waals surface area contributed by atoms with Crippen molar-refractivity contribution in [2.45, 2.75) is 91.3 Å². The van der Waals surface area contributed by atoms with E-state index >= 15 is 0 Å². The van der Waals surface area contributed by atoms with Crippen LogP contribution in [0, 0.1) is 11.8 Å². The molecule has 2 aromatic rings. The van der Waals surface area contributed by atoms with E-state index in [-0.39, 0.29) is 23.7 Å². The van der Waals surface area contributed by atoms with Crippen molar-refractivity contribution < 1.29 is 19.5 Å². The third-order valence-corrected chi connectivity index (χ3v) is 6.24. The number of aromatic amines is 1. The van der Waals surface area contributed by atoms with Crippen molar-refractivity contribution in [2.24, 2.45) is 11.8 Å². The van der Waals surface area contributed by atoms with Crippen molar-refractivity contribution in [1.82, 2.24) is 20.9 Å². The van der Waals surface area contributed by atoms with E-state index in [0.29, 0.717) is 25.8 Å². The number of nitrogens with one attached hydrogen (secondary N) is 4. The van der Waals surface area contributed by atoms with Gasteiger partial charge in [0.2, 0.25) is 11.8 Å². The van der Waals surface area contributed by atoms with Gasteiger partial charge in [-0.15, -0.1) is 0 Å². The number of fused-ring (bicyclic) bond motifs is 1. The van der Waals surface area contributed by atoms with E-state index in [4.69, 9.17) is 0 Å². The van der Waals surface area contributed by atoms with Gasteiger partial charge < -0.3 is 20.7 Å². The maximum Gasteiger partial charge on any atom is 0.320 e. The third kappa shape index (κ3) is 9.30. The highest BCUT2D eigenvalue weighted by molar-refractivity contribution is 5.91. The summed E-state index contributed by atoms with van der Waals surface area (Å²) in [5.74, 6) is -1.23. The molecule has 200 valence electrons. The zero-order valence-electron chi connectivity index (χ0n) is 22.4. The molecule has 0 aliphatic heterocycles. The van der Waals surface area contributed by atoms with Crippen LogP contribution < -0.4 is 16.0 Å². The fraction of sp³-hybridized carbons (Fsp3) is 0.607. The largest absolute Gasteiger partial charge is 0.480 e. The van der Waals surface area contributed by atoms with Crippen LogP contribution in [0.1, 0.15) is 72.3 Å². The normalized spacial score (nSPS) is 14.1. The molecule has 5 N–H and O–H groups in total. The average molecular weight is 501 g/mol. The van der Waals surface area contributed by atoms with Gasteiger partial charge in [-0.05, 0) is 49.1 Å². The molecule has 0 saturated heterocycles. The monoisotopic (exact) mass is 500 g/mol. The molecule has 0 spiro atoms. The third-order valence-electron chi connectivity index (χ3n) is 6.24. The first-order chi connectivity index (χ1) is 17.1. The first-order valence-electron chi connectivity index (χ1n) is 13.2. The number of rotatable bonds is 16. The molecule has 36 heavy (non-hydrogen) atoms. The molecule has 3 atom stereocenters. The zero-order valence-corrected chi connectivity index (χ0v) is 22.4.